The number of nitrogens with one attached hydrogen (secondary N) is 1. The first-order valence-corrected chi connectivity index (χ1v) is 7.01. The molecule has 2 aromatic rings. The highest BCUT2D eigenvalue weighted by atomic mass is 19.4. The fourth-order valence-electron chi connectivity index (χ4n) is 2.18. The maximum absolute atomic E-state index is 12.7. The topological polar surface area (TPSA) is 30.5 Å². The maximum atomic E-state index is 12.7. The van der Waals surface area contributed by atoms with Gasteiger partial charge in [-0.3, -0.25) is 0 Å². The monoisotopic (exact) mass is 325 g/mol. The Bertz CT molecular complexity index is 634. The summed E-state index contributed by atoms with van der Waals surface area (Å²) >= 11 is 0. The number of ether oxygens (including phenoxy) is 2. The Labute approximate surface area is 133 Å². The normalized spacial score (nSPS) is 11.3. The molecule has 0 atom stereocenters. The minimum absolute atomic E-state index is 0.337. The first kappa shape index (κ1) is 17.1. The minimum atomic E-state index is -4.32. The minimum Gasteiger partial charge on any atom is -0.497 e. The van der Waals surface area contributed by atoms with Gasteiger partial charge in [-0.1, -0.05) is 18.2 Å². The molecular formula is C17H18F3NO2. The van der Waals surface area contributed by atoms with Gasteiger partial charge in [0.2, 0.25) is 0 Å². The van der Waals surface area contributed by atoms with Crippen molar-refractivity contribution >= 4 is 0 Å². The van der Waals surface area contributed by atoms with Crippen molar-refractivity contribution in [3.05, 3.63) is 59.2 Å². The highest BCUT2D eigenvalue weighted by Crippen LogP contribution is 2.29. The lowest BCUT2D eigenvalue weighted by Gasteiger charge is -2.11. The van der Waals surface area contributed by atoms with Gasteiger partial charge in [0.05, 0.1) is 19.8 Å². The summed E-state index contributed by atoms with van der Waals surface area (Å²) in [6, 6.07) is 10.7. The van der Waals surface area contributed by atoms with Crippen molar-refractivity contribution in [1.29, 1.82) is 0 Å². The van der Waals surface area contributed by atoms with E-state index in [1.807, 2.05) is 12.1 Å². The molecule has 0 bridgehead atoms. The highest BCUT2D eigenvalue weighted by molar-refractivity contribution is 5.38. The van der Waals surface area contributed by atoms with Crippen LogP contribution < -0.4 is 14.8 Å². The fourth-order valence-corrected chi connectivity index (χ4v) is 2.18. The van der Waals surface area contributed by atoms with Gasteiger partial charge in [0.15, 0.2) is 0 Å². The summed E-state index contributed by atoms with van der Waals surface area (Å²) in [5.74, 6) is 1.33. The van der Waals surface area contributed by atoms with E-state index in [4.69, 9.17) is 9.47 Å². The Hall–Kier alpha value is -2.21. The second-order valence-corrected chi connectivity index (χ2v) is 5.02. The third-order valence-corrected chi connectivity index (χ3v) is 3.32. The van der Waals surface area contributed by atoms with Gasteiger partial charge >= 0.3 is 6.18 Å². The molecule has 0 aliphatic rings. The van der Waals surface area contributed by atoms with Crippen molar-refractivity contribution in [3.63, 3.8) is 0 Å². The van der Waals surface area contributed by atoms with Gasteiger partial charge in [0, 0.05) is 19.2 Å². The summed E-state index contributed by atoms with van der Waals surface area (Å²) < 4.78 is 48.4. The zero-order valence-corrected chi connectivity index (χ0v) is 12.9. The number of hydrogen-bond acceptors (Lipinski definition) is 3. The van der Waals surface area contributed by atoms with Crippen LogP contribution >= 0.6 is 0 Å². The van der Waals surface area contributed by atoms with Crippen LogP contribution in [0.2, 0.25) is 0 Å². The van der Waals surface area contributed by atoms with Crippen LogP contribution in [0.5, 0.6) is 11.5 Å². The SMILES string of the molecule is COc1cc(CNCc2cccc(C(F)(F)F)c2)cc(OC)c1. The molecule has 0 radical (unpaired) electrons. The smallest absolute Gasteiger partial charge is 0.416 e. The maximum Gasteiger partial charge on any atom is 0.416 e. The molecule has 0 aliphatic carbocycles. The predicted molar refractivity (Wildman–Crippen MR) is 81.5 cm³/mol. The second-order valence-electron chi connectivity index (χ2n) is 5.02. The number of rotatable bonds is 6. The predicted octanol–water partition coefficient (Wildman–Crippen LogP) is 4.01. The van der Waals surface area contributed by atoms with Gasteiger partial charge in [-0.25, -0.2) is 0 Å². The molecule has 0 aromatic heterocycles. The van der Waals surface area contributed by atoms with E-state index in [1.54, 1.807) is 26.4 Å². The zero-order valence-electron chi connectivity index (χ0n) is 12.9. The van der Waals surface area contributed by atoms with E-state index < -0.39 is 11.7 Å². The molecule has 0 amide bonds. The van der Waals surface area contributed by atoms with Crippen molar-refractivity contribution < 1.29 is 22.6 Å². The summed E-state index contributed by atoms with van der Waals surface area (Å²) in [5.41, 5.74) is 0.864. The van der Waals surface area contributed by atoms with Gasteiger partial charge in [0.25, 0.3) is 0 Å². The van der Waals surface area contributed by atoms with Crippen LogP contribution in [-0.4, -0.2) is 14.2 Å². The fraction of sp³-hybridized carbons (Fsp3) is 0.294. The lowest BCUT2D eigenvalue weighted by Crippen LogP contribution is -2.14. The van der Waals surface area contributed by atoms with E-state index in [1.165, 1.54) is 6.07 Å². The van der Waals surface area contributed by atoms with Crippen molar-refractivity contribution in [1.82, 2.24) is 5.32 Å². The molecule has 0 unspecified atom stereocenters. The zero-order chi connectivity index (χ0) is 16.9. The Morgan fingerprint density at radius 3 is 2.04 bits per heavy atom. The first-order valence-electron chi connectivity index (χ1n) is 7.01. The molecule has 3 nitrogen and oxygen atoms in total. The van der Waals surface area contributed by atoms with Crippen molar-refractivity contribution in [2.24, 2.45) is 0 Å². The first-order chi connectivity index (χ1) is 10.9. The molecule has 124 valence electrons. The van der Waals surface area contributed by atoms with Gasteiger partial charge in [-0.15, -0.1) is 0 Å². The van der Waals surface area contributed by atoms with E-state index in [0.29, 0.717) is 30.2 Å². The van der Waals surface area contributed by atoms with Crippen LogP contribution in [-0.2, 0) is 19.3 Å². The van der Waals surface area contributed by atoms with Crippen LogP contribution in [0.1, 0.15) is 16.7 Å². The molecule has 0 fully saturated rings. The Balaban J connectivity index is 2.00. The summed E-state index contributed by atoms with van der Waals surface area (Å²) in [4.78, 5) is 0. The van der Waals surface area contributed by atoms with Gasteiger partial charge in [-0.2, -0.15) is 13.2 Å². The Morgan fingerprint density at radius 2 is 1.48 bits per heavy atom. The van der Waals surface area contributed by atoms with Gasteiger partial charge in [0.1, 0.15) is 11.5 Å². The summed E-state index contributed by atoms with van der Waals surface area (Å²) in [7, 11) is 3.13. The molecule has 0 spiro atoms. The van der Waals surface area contributed by atoms with Crippen LogP contribution in [0, 0.1) is 0 Å². The van der Waals surface area contributed by atoms with Gasteiger partial charge < -0.3 is 14.8 Å². The molecule has 0 saturated heterocycles. The number of benzene rings is 2. The molecule has 1 N–H and O–H groups in total. The molecule has 0 heterocycles. The lowest BCUT2D eigenvalue weighted by molar-refractivity contribution is -0.137. The summed E-state index contributed by atoms with van der Waals surface area (Å²) in [6.07, 6.45) is -4.32. The van der Waals surface area contributed by atoms with Crippen LogP contribution in [0.15, 0.2) is 42.5 Å². The average Bonchev–Trinajstić information content (AvgIpc) is 2.54. The number of hydrogen-bond donors (Lipinski definition) is 1. The lowest BCUT2D eigenvalue weighted by atomic mass is 10.1. The third kappa shape index (κ3) is 4.89. The second kappa shape index (κ2) is 7.37. The quantitative estimate of drug-likeness (QED) is 0.870. The van der Waals surface area contributed by atoms with E-state index in [-0.39, 0.29) is 0 Å². The average molecular weight is 325 g/mol. The summed E-state index contributed by atoms with van der Waals surface area (Å²) in [6.45, 7) is 0.827. The molecule has 0 aliphatic heterocycles. The van der Waals surface area contributed by atoms with Crippen molar-refractivity contribution in [3.8, 4) is 11.5 Å². The molecule has 23 heavy (non-hydrogen) atoms. The molecule has 6 heteroatoms. The third-order valence-electron chi connectivity index (χ3n) is 3.32. The largest absolute Gasteiger partial charge is 0.497 e. The number of alkyl halides is 3. The highest BCUT2D eigenvalue weighted by Gasteiger charge is 2.30. The van der Waals surface area contributed by atoms with Crippen molar-refractivity contribution in [2.75, 3.05) is 14.2 Å². The van der Waals surface area contributed by atoms with Gasteiger partial charge in [-0.05, 0) is 29.3 Å². The van der Waals surface area contributed by atoms with Crippen LogP contribution in [0.3, 0.4) is 0 Å². The Kier molecular flexibility index (Phi) is 5.50. The molecule has 2 aromatic carbocycles. The van der Waals surface area contributed by atoms with Crippen LogP contribution in [0.25, 0.3) is 0 Å². The number of halogens is 3. The van der Waals surface area contributed by atoms with E-state index in [2.05, 4.69) is 5.32 Å². The molecular weight excluding hydrogens is 307 g/mol. The standard InChI is InChI=1S/C17H18F3NO2/c1-22-15-7-13(8-16(9-15)23-2)11-21-10-12-4-3-5-14(6-12)17(18,19)20/h3-9,21H,10-11H2,1-2H3. The van der Waals surface area contributed by atoms with E-state index >= 15 is 0 Å². The molecule has 0 saturated carbocycles. The van der Waals surface area contributed by atoms with Crippen molar-refractivity contribution in [2.45, 2.75) is 19.3 Å². The van der Waals surface area contributed by atoms with E-state index in [0.717, 1.165) is 17.7 Å². The van der Waals surface area contributed by atoms with Crippen LogP contribution in [0.4, 0.5) is 13.2 Å². The van der Waals surface area contributed by atoms with E-state index in [9.17, 15) is 13.2 Å². The summed E-state index contributed by atoms with van der Waals surface area (Å²) in [5, 5.41) is 3.12. The number of methoxy groups -OCH3 is 2. The molecule has 2 rings (SSSR count). The Morgan fingerprint density at radius 1 is 0.870 bits per heavy atom.